The van der Waals surface area contributed by atoms with Crippen molar-refractivity contribution in [2.75, 3.05) is 0 Å². The molecule has 1 aromatic heterocycles. The molecule has 3 aromatic rings. The van der Waals surface area contributed by atoms with Crippen LogP contribution in [0, 0.1) is 5.82 Å². The van der Waals surface area contributed by atoms with E-state index in [-0.39, 0.29) is 5.82 Å². The van der Waals surface area contributed by atoms with Crippen molar-refractivity contribution in [2.24, 2.45) is 5.73 Å². The number of halogens is 1. The Bertz CT molecular complexity index is 764. The Balaban J connectivity index is 1.93. The van der Waals surface area contributed by atoms with Crippen LogP contribution in [0.15, 0.2) is 60.8 Å². The number of nitrogens with zero attached hydrogens (tertiary/aromatic N) is 1. The predicted molar refractivity (Wildman–Crippen MR) is 83.4 cm³/mol. The second-order valence-corrected chi connectivity index (χ2v) is 5.63. The van der Waals surface area contributed by atoms with E-state index in [1.807, 2.05) is 31.2 Å². The molecule has 2 aromatic carbocycles. The Morgan fingerprint density at radius 2 is 1.86 bits per heavy atom. The average molecular weight is 280 g/mol. The Labute approximate surface area is 123 Å². The van der Waals surface area contributed by atoms with Gasteiger partial charge in [-0.2, -0.15) is 0 Å². The number of aromatic nitrogens is 1. The molecule has 0 aliphatic carbocycles. The van der Waals surface area contributed by atoms with Crippen LogP contribution < -0.4 is 5.73 Å². The molecule has 2 N–H and O–H groups in total. The Morgan fingerprint density at radius 1 is 1.10 bits per heavy atom. The van der Waals surface area contributed by atoms with Crippen LogP contribution in [0.4, 0.5) is 4.39 Å². The highest BCUT2D eigenvalue weighted by atomic mass is 19.1. The van der Waals surface area contributed by atoms with E-state index < -0.39 is 5.54 Å². The van der Waals surface area contributed by atoms with E-state index in [1.54, 1.807) is 18.3 Å². The standard InChI is InChI=1S/C18H17FN2/c1-18(20,12-13-4-7-16(19)8-5-13)15-6-9-17-14(11-15)3-2-10-21-17/h2-11H,12,20H2,1H3. The molecule has 0 fully saturated rings. The van der Waals surface area contributed by atoms with Crippen molar-refractivity contribution in [2.45, 2.75) is 18.9 Å². The van der Waals surface area contributed by atoms with Crippen LogP contribution in [0.2, 0.25) is 0 Å². The van der Waals surface area contributed by atoms with Gasteiger partial charge in [0.1, 0.15) is 5.82 Å². The van der Waals surface area contributed by atoms with Gasteiger partial charge in [0.25, 0.3) is 0 Å². The Hall–Kier alpha value is -2.26. The molecule has 3 heteroatoms. The van der Waals surface area contributed by atoms with Gasteiger partial charge in [-0.25, -0.2) is 4.39 Å². The highest BCUT2D eigenvalue weighted by molar-refractivity contribution is 5.79. The van der Waals surface area contributed by atoms with Crippen LogP contribution in [0.3, 0.4) is 0 Å². The zero-order chi connectivity index (χ0) is 14.9. The van der Waals surface area contributed by atoms with Crippen LogP contribution in [-0.2, 0) is 12.0 Å². The number of rotatable bonds is 3. The number of hydrogen-bond donors (Lipinski definition) is 1. The molecule has 0 saturated carbocycles. The fraction of sp³-hybridized carbons (Fsp3) is 0.167. The number of benzene rings is 2. The van der Waals surface area contributed by atoms with Gasteiger partial charge in [0.05, 0.1) is 5.52 Å². The molecule has 0 bridgehead atoms. The third-order valence-corrected chi connectivity index (χ3v) is 3.75. The Morgan fingerprint density at radius 3 is 2.62 bits per heavy atom. The first-order valence-electron chi connectivity index (χ1n) is 6.93. The zero-order valence-electron chi connectivity index (χ0n) is 11.9. The fourth-order valence-electron chi connectivity index (χ4n) is 2.56. The second kappa shape index (κ2) is 5.26. The molecule has 2 nitrogen and oxygen atoms in total. The van der Waals surface area contributed by atoms with E-state index >= 15 is 0 Å². The molecule has 0 aliphatic rings. The first-order valence-corrected chi connectivity index (χ1v) is 6.93. The van der Waals surface area contributed by atoms with Gasteiger partial charge in [-0.05, 0) is 54.8 Å². The lowest BCUT2D eigenvalue weighted by atomic mass is 9.86. The monoisotopic (exact) mass is 280 g/mol. The maximum atomic E-state index is 13.0. The van der Waals surface area contributed by atoms with Gasteiger partial charge in [-0.15, -0.1) is 0 Å². The molecule has 0 spiro atoms. The lowest BCUT2D eigenvalue weighted by Gasteiger charge is -2.26. The summed E-state index contributed by atoms with van der Waals surface area (Å²) in [5.74, 6) is -0.228. The number of nitrogens with two attached hydrogens (primary N) is 1. The summed E-state index contributed by atoms with van der Waals surface area (Å²) in [5, 5.41) is 1.07. The normalized spacial score (nSPS) is 14.0. The molecule has 1 atom stereocenters. The quantitative estimate of drug-likeness (QED) is 0.792. The smallest absolute Gasteiger partial charge is 0.123 e. The molecule has 3 rings (SSSR count). The molecule has 106 valence electrons. The second-order valence-electron chi connectivity index (χ2n) is 5.63. The highest BCUT2D eigenvalue weighted by Gasteiger charge is 2.22. The van der Waals surface area contributed by atoms with E-state index in [1.165, 1.54) is 12.1 Å². The average Bonchev–Trinajstić information content (AvgIpc) is 2.49. The number of fused-ring (bicyclic) bond motifs is 1. The summed E-state index contributed by atoms with van der Waals surface area (Å²) in [5.41, 5.74) is 9.00. The summed E-state index contributed by atoms with van der Waals surface area (Å²) >= 11 is 0. The van der Waals surface area contributed by atoms with Gasteiger partial charge in [0, 0.05) is 17.1 Å². The van der Waals surface area contributed by atoms with Crippen molar-refractivity contribution >= 4 is 10.9 Å². The van der Waals surface area contributed by atoms with Crippen molar-refractivity contribution in [1.82, 2.24) is 4.98 Å². The van der Waals surface area contributed by atoms with Gasteiger partial charge in [0.15, 0.2) is 0 Å². The third kappa shape index (κ3) is 2.93. The van der Waals surface area contributed by atoms with E-state index in [9.17, 15) is 4.39 Å². The highest BCUT2D eigenvalue weighted by Crippen LogP contribution is 2.25. The first kappa shape index (κ1) is 13.7. The molecule has 0 saturated heterocycles. The molecule has 21 heavy (non-hydrogen) atoms. The van der Waals surface area contributed by atoms with Gasteiger partial charge in [-0.1, -0.05) is 24.3 Å². The van der Waals surface area contributed by atoms with Crippen molar-refractivity contribution in [3.05, 3.63) is 77.7 Å². The summed E-state index contributed by atoms with van der Waals surface area (Å²) in [6.45, 7) is 1.99. The number of pyridine rings is 1. The molecule has 1 heterocycles. The zero-order valence-corrected chi connectivity index (χ0v) is 11.9. The summed E-state index contributed by atoms with van der Waals surface area (Å²) < 4.78 is 13.0. The lowest BCUT2D eigenvalue weighted by Crippen LogP contribution is -2.35. The minimum absolute atomic E-state index is 0.228. The molecule has 0 aliphatic heterocycles. The van der Waals surface area contributed by atoms with E-state index in [0.717, 1.165) is 22.0 Å². The summed E-state index contributed by atoms with van der Waals surface area (Å²) in [6, 6.07) is 16.5. The van der Waals surface area contributed by atoms with E-state index in [0.29, 0.717) is 6.42 Å². The molecule has 1 unspecified atom stereocenters. The molecule has 0 amide bonds. The summed E-state index contributed by atoms with van der Waals surface area (Å²) in [4.78, 5) is 4.32. The minimum Gasteiger partial charge on any atom is -0.321 e. The molecule has 0 radical (unpaired) electrons. The largest absolute Gasteiger partial charge is 0.321 e. The fourth-order valence-corrected chi connectivity index (χ4v) is 2.56. The van der Waals surface area contributed by atoms with Gasteiger partial charge >= 0.3 is 0 Å². The van der Waals surface area contributed by atoms with Gasteiger partial charge in [-0.3, -0.25) is 4.98 Å². The van der Waals surface area contributed by atoms with Crippen LogP contribution in [-0.4, -0.2) is 4.98 Å². The number of hydrogen-bond acceptors (Lipinski definition) is 2. The third-order valence-electron chi connectivity index (χ3n) is 3.75. The van der Waals surface area contributed by atoms with Crippen molar-refractivity contribution < 1.29 is 4.39 Å². The maximum absolute atomic E-state index is 13.0. The van der Waals surface area contributed by atoms with Crippen LogP contribution in [0.5, 0.6) is 0 Å². The Kier molecular flexibility index (Phi) is 3.43. The van der Waals surface area contributed by atoms with E-state index in [2.05, 4.69) is 11.1 Å². The van der Waals surface area contributed by atoms with Crippen molar-refractivity contribution in [1.29, 1.82) is 0 Å². The SMILES string of the molecule is CC(N)(Cc1ccc(F)cc1)c1ccc2ncccc2c1. The summed E-state index contributed by atoms with van der Waals surface area (Å²) in [6.07, 6.45) is 2.43. The van der Waals surface area contributed by atoms with Gasteiger partial charge in [0.2, 0.25) is 0 Å². The molecular weight excluding hydrogens is 263 g/mol. The van der Waals surface area contributed by atoms with E-state index in [4.69, 9.17) is 5.73 Å². The topological polar surface area (TPSA) is 38.9 Å². The minimum atomic E-state index is -0.512. The van der Waals surface area contributed by atoms with Crippen molar-refractivity contribution in [3.63, 3.8) is 0 Å². The summed E-state index contributed by atoms with van der Waals surface area (Å²) in [7, 11) is 0. The van der Waals surface area contributed by atoms with Crippen molar-refractivity contribution in [3.8, 4) is 0 Å². The maximum Gasteiger partial charge on any atom is 0.123 e. The first-order chi connectivity index (χ1) is 10.0. The predicted octanol–water partition coefficient (Wildman–Crippen LogP) is 3.79. The molecular formula is C18H17FN2. The van der Waals surface area contributed by atoms with Crippen LogP contribution in [0.25, 0.3) is 10.9 Å². The lowest BCUT2D eigenvalue weighted by molar-refractivity contribution is 0.491. The van der Waals surface area contributed by atoms with Crippen LogP contribution >= 0.6 is 0 Å². The van der Waals surface area contributed by atoms with Crippen LogP contribution in [0.1, 0.15) is 18.1 Å². The van der Waals surface area contributed by atoms with Gasteiger partial charge < -0.3 is 5.73 Å².